The summed E-state index contributed by atoms with van der Waals surface area (Å²) in [5.41, 5.74) is 3.33. The van der Waals surface area contributed by atoms with Gasteiger partial charge in [-0.15, -0.1) is 5.10 Å². The quantitative estimate of drug-likeness (QED) is 0.112. The number of guanidine groups is 1. The van der Waals surface area contributed by atoms with Crippen LogP contribution in [0.3, 0.4) is 0 Å². The molecule has 4 N–H and O–H groups in total. The van der Waals surface area contributed by atoms with E-state index < -0.39 is 48.6 Å². The zero-order valence-electron chi connectivity index (χ0n) is 23.8. The summed E-state index contributed by atoms with van der Waals surface area (Å²) in [6, 6.07) is 2.76. The van der Waals surface area contributed by atoms with Crippen LogP contribution in [0, 0.1) is 5.92 Å². The lowest BCUT2D eigenvalue weighted by atomic mass is 9.83. The third kappa shape index (κ3) is 10.0. The molecule has 240 valence electrons. The zero-order valence-corrected chi connectivity index (χ0v) is 23.8. The fourth-order valence-electron chi connectivity index (χ4n) is 4.84. The fraction of sp³-hybridized carbons (Fsp3) is 0.519. The molecule has 1 aromatic heterocycles. The molecule has 0 radical (unpaired) electrons. The molecule has 0 saturated heterocycles. The lowest BCUT2D eigenvalue weighted by Gasteiger charge is -2.28. The van der Waals surface area contributed by atoms with Crippen molar-refractivity contribution in [3.05, 3.63) is 64.0 Å². The Morgan fingerprint density at radius 1 is 0.953 bits per heavy atom. The van der Waals surface area contributed by atoms with Crippen molar-refractivity contribution in [2.75, 3.05) is 21.3 Å². The molecule has 1 fully saturated rings. The molecular weight excluding hydrogens is 593 g/mol. The van der Waals surface area contributed by atoms with Crippen LogP contribution in [0.1, 0.15) is 72.0 Å². The number of alkyl halides is 9. The van der Waals surface area contributed by atoms with Crippen molar-refractivity contribution in [2.24, 2.45) is 27.6 Å². The molecule has 1 aliphatic carbocycles. The van der Waals surface area contributed by atoms with Crippen LogP contribution < -0.4 is 11.6 Å². The van der Waals surface area contributed by atoms with Crippen molar-refractivity contribution in [1.82, 2.24) is 15.0 Å². The van der Waals surface area contributed by atoms with E-state index in [0.717, 1.165) is 54.3 Å². The van der Waals surface area contributed by atoms with Crippen LogP contribution in [0.2, 0.25) is 0 Å². The van der Waals surface area contributed by atoms with Crippen LogP contribution >= 0.6 is 0 Å². The van der Waals surface area contributed by atoms with E-state index in [9.17, 15) is 39.5 Å². The first-order chi connectivity index (χ1) is 20.1. The van der Waals surface area contributed by atoms with Crippen molar-refractivity contribution < 1.29 is 39.5 Å². The maximum atomic E-state index is 13.7. The molecule has 0 aliphatic heterocycles. The average molecular weight is 628 g/mol. The minimum absolute atomic E-state index is 0.0323. The van der Waals surface area contributed by atoms with Gasteiger partial charge in [-0.3, -0.25) is 14.4 Å². The number of pyridine rings is 1. The summed E-state index contributed by atoms with van der Waals surface area (Å²) in [5.74, 6) is 5.13. The Kier molecular flexibility index (Phi) is 12.6. The molecule has 1 aromatic carbocycles. The van der Waals surface area contributed by atoms with Gasteiger partial charge in [0.15, 0.2) is 0 Å². The molecule has 1 heterocycles. The molecule has 7 nitrogen and oxygen atoms in total. The summed E-state index contributed by atoms with van der Waals surface area (Å²) in [6.45, 7) is -0.925. The van der Waals surface area contributed by atoms with Crippen LogP contribution in [0.15, 0.2) is 40.6 Å². The Labute approximate surface area is 243 Å². The number of benzene rings is 1. The first-order valence-electron chi connectivity index (χ1n) is 13.1. The lowest BCUT2D eigenvalue weighted by molar-refractivity contribution is -0.138. The van der Waals surface area contributed by atoms with Gasteiger partial charge in [0.2, 0.25) is 5.96 Å². The van der Waals surface area contributed by atoms with Crippen LogP contribution in [0.25, 0.3) is 0 Å². The minimum Gasteiger partial charge on any atom is -0.368 e. The summed E-state index contributed by atoms with van der Waals surface area (Å²) in [4.78, 5) is 9.60. The maximum Gasteiger partial charge on any atom is 0.417 e. The van der Waals surface area contributed by atoms with Crippen molar-refractivity contribution in [3.8, 4) is 0 Å². The Morgan fingerprint density at radius 2 is 1.56 bits per heavy atom. The number of aliphatic imine (C=N–C) groups is 1. The number of nitrogens with two attached hydrogens (primary N) is 2. The lowest BCUT2D eigenvalue weighted by Crippen LogP contribution is -2.40. The Bertz CT molecular complexity index is 1250. The third-order valence-corrected chi connectivity index (χ3v) is 6.68. The summed E-state index contributed by atoms with van der Waals surface area (Å²) in [7, 11) is 3.31. The van der Waals surface area contributed by atoms with Crippen LogP contribution in [-0.2, 0) is 25.4 Å². The number of hydrogen-bond donors (Lipinski definition) is 2. The number of nitrogens with zero attached hydrogens (tertiary/aromatic N) is 5. The van der Waals surface area contributed by atoms with Gasteiger partial charge in [-0.05, 0) is 48.2 Å². The summed E-state index contributed by atoms with van der Waals surface area (Å²) in [5, 5.41) is 4.64. The van der Waals surface area contributed by atoms with Crippen molar-refractivity contribution >= 4 is 11.7 Å². The molecule has 43 heavy (non-hydrogen) atoms. The number of halogens is 9. The highest BCUT2D eigenvalue weighted by Gasteiger charge is 2.34. The largest absolute Gasteiger partial charge is 0.417 e. The highest BCUT2D eigenvalue weighted by molar-refractivity contribution is 6.02. The number of hydrazone groups is 1. The summed E-state index contributed by atoms with van der Waals surface area (Å²) < 4.78 is 118. The van der Waals surface area contributed by atoms with E-state index in [4.69, 9.17) is 11.6 Å². The van der Waals surface area contributed by atoms with Gasteiger partial charge in [-0.1, -0.05) is 19.3 Å². The van der Waals surface area contributed by atoms with Gasteiger partial charge in [0.05, 0.1) is 29.7 Å². The van der Waals surface area contributed by atoms with E-state index in [2.05, 4.69) is 15.1 Å². The van der Waals surface area contributed by atoms with Crippen LogP contribution in [0.4, 0.5) is 39.5 Å². The highest BCUT2D eigenvalue weighted by Crippen LogP contribution is 2.35. The molecule has 16 heteroatoms. The van der Waals surface area contributed by atoms with Crippen LogP contribution in [-0.4, -0.2) is 47.9 Å². The molecule has 2 aromatic rings. The van der Waals surface area contributed by atoms with Gasteiger partial charge < -0.3 is 10.6 Å². The fourth-order valence-corrected chi connectivity index (χ4v) is 4.84. The van der Waals surface area contributed by atoms with Gasteiger partial charge in [0.1, 0.15) is 0 Å². The second-order valence-electron chi connectivity index (χ2n) is 9.82. The average Bonchev–Trinajstić information content (AvgIpc) is 2.94. The molecule has 3 rings (SSSR count). The van der Waals surface area contributed by atoms with Crippen molar-refractivity contribution in [3.63, 3.8) is 0 Å². The van der Waals surface area contributed by atoms with E-state index >= 15 is 0 Å². The zero-order chi connectivity index (χ0) is 32.5. The van der Waals surface area contributed by atoms with E-state index in [1.54, 1.807) is 0 Å². The maximum absolute atomic E-state index is 13.7. The van der Waals surface area contributed by atoms with Gasteiger partial charge in [-0.2, -0.15) is 26.3 Å². The molecule has 1 aliphatic rings. The standard InChI is InChI=1S/C26H31F8N7.CH3F/c1-37-21(16-6-4-3-5-7-16)22-18(11-20(12-38-22)26(32,33)34)14-41(24(35)39-40(2)36)13-15-8-17(23(27)28)10-19(9-15)25(29,30)31;1-2/h8-12,16,23H,3-7,13-14,36H2,1-2H3,(H2,35,39);1H3. The van der Waals surface area contributed by atoms with E-state index in [0.29, 0.717) is 31.2 Å². The molecule has 1 saturated carbocycles. The molecule has 0 amide bonds. The third-order valence-electron chi connectivity index (χ3n) is 6.68. The minimum atomic E-state index is -4.92. The Balaban J connectivity index is 0.00000316. The molecular formula is C27H34F9N7. The number of aromatic nitrogens is 1. The van der Waals surface area contributed by atoms with E-state index in [1.807, 2.05) is 0 Å². The van der Waals surface area contributed by atoms with Crippen molar-refractivity contribution in [1.29, 1.82) is 0 Å². The number of hydrazine groups is 1. The second-order valence-corrected chi connectivity index (χ2v) is 9.82. The topological polar surface area (TPSA) is 96.1 Å². The molecule has 0 spiro atoms. The summed E-state index contributed by atoms with van der Waals surface area (Å²) in [6.07, 6.45) is -7.80. The summed E-state index contributed by atoms with van der Waals surface area (Å²) >= 11 is 0. The van der Waals surface area contributed by atoms with Gasteiger partial charge >= 0.3 is 12.4 Å². The SMILES string of the molecule is CF.CN=C(c1ncc(C(F)(F)F)cc1CN(Cc1cc(C(F)F)cc(C(F)(F)F)c1)/C(N)=N/N(C)N)C1CCCCC1. The number of rotatable bonds is 8. The molecule has 0 atom stereocenters. The normalized spacial score (nSPS) is 15.3. The molecule has 0 unspecified atom stereocenters. The Hall–Kier alpha value is -3.56. The first kappa shape index (κ1) is 35.6. The van der Waals surface area contributed by atoms with Gasteiger partial charge in [0, 0.05) is 44.9 Å². The van der Waals surface area contributed by atoms with E-state index in [-0.39, 0.29) is 28.7 Å². The first-order valence-corrected chi connectivity index (χ1v) is 13.1. The second kappa shape index (κ2) is 15.3. The predicted octanol–water partition coefficient (Wildman–Crippen LogP) is 6.68. The smallest absolute Gasteiger partial charge is 0.368 e. The molecule has 0 bridgehead atoms. The predicted molar refractivity (Wildman–Crippen MR) is 145 cm³/mol. The van der Waals surface area contributed by atoms with Crippen LogP contribution in [0.5, 0.6) is 0 Å². The number of hydrogen-bond acceptors (Lipinski definition) is 5. The highest BCUT2D eigenvalue weighted by atomic mass is 19.4. The van der Waals surface area contributed by atoms with Gasteiger partial charge in [-0.25, -0.2) is 19.7 Å². The van der Waals surface area contributed by atoms with Crippen molar-refractivity contribution in [2.45, 2.75) is 64.0 Å². The monoisotopic (exact) mass is 627 g/mol. The van der Waals surface area contributed by atoms with Gasteiger partial charge in [0.25, 0.3) is 6.43 Å². The Morgan fingerprint density at radius 3 is 2.07 bits per heavy atom. The van der Waals surface area contributed by atoms with E-state index in [1.165, 1.54) is 14.1 Å².